The third kappa shape index (κ3) is 4.82. The van der Waals surface area contributed by atoms with Gasteiger partial charge >= 0.3 is 0 Å². The van der Waals surface area contributed by atoms with Crippen LogP contribution in [0.1, 0.15) is 19.4 Å². The van der Waals surface area contributed by atoms with Crippen LogP contribution in [0.15, 0.2) is 41.3 Å². The average Bonchev–Trinajstić information content (AvgIpc) is 2.73. The number of rotatable bonds is 10. The molecule has 0 aliphatic carbocycles. The van der Waals surface area contributed by atoms with E-state index in [2.05, 4.69) is 0 Å². The number of nitro benzene ring substituents is 1. The normalized spacial score (nSPS) is 11.4. The van der Waals surface area contributed by atoms with Gasteiger partial charge in [-0.3, -0.25) is 10.1 Å². The summed E-state index contributed by atoms with van der Waals surface area (Å²) in [5.74, 6) is 1.14. The fourth-order valence-electron chi connectivity index (χ4n) is 3.18. The van der Waals surface area contributed by atoms with E-state index in [0.717, 1.165) is 11.6 Å². The zero-order chi connectivity index (χ0) is 22.5. The summed E-state index contributed by atoms with van der Waals surface area (Å²) in [6, 6.07) is 9.38. The van der Waals surface area contributed by atoms with E-state index in [9.17, 15) is 18.5 Å². The predicted octanol–water partition coefficient (Wildman–Crippen LogP) is 3.28. The van der Waals surface area contributed by atoms with Crippen molar-refractivity contribution in [2.24, 2.45) is 0 Å². The molecule has 0 aliphatic heterocycles. The van der Waals surface area contributed by atoms with Gasteiger partial charge in [-0.1, -0.05) is 19.9 Å². The molecule has 0 fully saturated rings. The molecule has 164 valence electrons. The van der Waals surface area contributed by atoms with Gasteiger partial charge in [-0.15, -0.1) is 0 Å². The number of anilines is 1. The fourth-order valence-corrected chi connectivity index (χ4v) is 4.66. The van der Waals surface area contributed by atoms with E-state index < -0.39 is 14.9 Å². The Morgan fingerprint density at radius 1 is 1.00 bits per heavy atom. The first-order chi connectivity index (χ1) is 14.2. The van der Waals surface area contributed by atoms with Gasteiger partial charge in [-0.05, 0) is 29.8 Å². The molecule has 30 heavy (non-hydrogen) atoms. The van der Waals surface area contributed by atoms with Crippen molar-refractivity contribution >= 4 is 21.4 Å². The van der Waals surface area contributed by atoms with Crippen LogP contribution in [0.5, 0.6) is 11.5 Å². The molecule has 0 spiro atoms. The smallest absolute Gasteiger partial charge is 0.293 e. The van der Waals surface area contributed by atoms with Gasteiger partial charge in [0.1, 0.15) is 5.69 Å². The summed E-state index contributed by atoms with van der Waals surface area (Å²) >= 11 is 0. The molecular formula is C20H27N3O6S. The highest BCUT2D eigenvalue weighted by Crippen LogP contribution is 2.33. The highest BCUT2D eigenvalue weighted by molar-refractivity contribution is 7.89. The Kier molecular flexibility index (Phi) is 7.63. The number of benzene rings is 2. The second-order valence-corrected chi connectivity index (χ2v) is 8.48. The van der Waals surface area contributed by atoms with E-state index in [1.54, 1.807) is 45.0 Å². The molecule has 0 bridgehead atoms. The summed E-state index contributed by atoms with van der Waals surface area (Å²) < 4.78 is 37.3. The molecule has 0 atom stereocenters. The first-order valence-electron chi connectivity index (χ1n) is 9.40. The molecule has 0 radical (unpaired) electrons. The minimum absolute atomic E-state index is 0.0961. The second kappa shape index (κ2) is 9.77. The molecule has 0 amide bonds. The zero-order valence-corrected chi connectivity index (χ0v) is 18.6. The van der Waals surface area contributed by atoms with Gasteiger partial charge in [0.25, 0.3) is 5.69 Å². The molecule has 2 aromatic carbocycles. The lowest BCUT2D eigenvalue weighted by Gasteiger charge is -2.22. The molecule has 0 saturated carbocycles. The summed E-state index contributed by atoms with van der Waals surface area (Å²) in [4.78, 5) is 12.7. The summed E-state index contributed by atoms with van der Waals surface area (Å²) in [6.07, 6.45) is 0. The molecule has 0 aromatic heterocycles. The van der Waals surface area contributed by atoms with E-state index in [-0.39, 0.29) is 23.7 Å². The Morgan fingerprint density at radius 3 is 2.17 bits per heavy atom. The van der Waals surface area contributed by atoms with Gasteiger partial charge in [0.05, 0.1) is 24.0 Å². The van der Waals surface area contributed by atoms with Crippen molar-refractivity contribution in [1.82, 2.24) is 4.31 Å². The molecule has 0 N–H and O–H groups in total. The van der Waals surface area contributed by atoms with Crippen molar-refractivity contribution in [1.29, 1.82) is 0 Å². The maximum atomic E-state index is 12.7. The van der Waals surface area contributed by atoms with E-state index in [1.807, 2.05) is 6.07 Å². The molecule has 2 rings (SSSR count). The van der Waals surface area contributed by atoms with Crippen LogP contribution < -0.4 is 14.4 Å². The topological polar surface area (TPSA) is 102 Å². The van der Waals surface area contributed by atoms with Crippen molar-refractivity contribution in [3.05, 3.63) is 52.1 Å². The average molecular weight is 438 g/mol. The number of hydrogen-bond acceptors (Lipinski definition) is 7. The molecule has 2 aromatic rings. The van der Waals surface area contributed by atoms with E-state index in [1.165, 1.54) is 23.5 Å². The van der Waals surface area contributed by atoms with Crippen LogP contribution in [0.2, 0.25) is 0 Å². The van der Waals surface area contributed by atoms with Crippen molar-refractivity contribution in [2.45, 2.75) is 25.3 Å². The lowest BCUT2D eigenvalue weighted by atomic mass is 10.1. The van der Waals surface area contributed by atoms with Crippen molar-refractivity contribution < 1.29 is 22.8 Å². The quantitative estimate of drug-likeness (QED) is 0.415. The Morgan fingerprint density at radius 2 is 1.63 bits per heavy atom. The highest BCUT2D eigenvalue weighted by atomic mass is 32.2. The lowest BCUT2D eigenvalue weighted by Crippen LogP contribution is -2.30. The molecule has 0 aliphatic rings. The van der Waals surface area contributed by atoms with Crippen LogP contribution >= 0.6 is 0 Å². The van der Waals surface area contributed by atoms with Gasteiger partial charge in [-0.25, -0.2) is 8.42 Å². The summed E-state index contributed by atoms with van der Waals surface area (Å²) in [5.41, 5.74) is 0.892. The van der Waals surface area contributed by atoms with E-state index in [4.69, 9.17) is 9.47 Å². The van der Waals surface area contributed by atoms with Crippen molar-refractivity contribution in [2.75, 3.05) is 39.3 Å². The Labute approximate surface area is 177 Å². The number of nitro groups is 1. The predicted molar refractivity (Wildman–Crippen MR) is 115 cm³/mol. The van der Waals surface area contributed by atoms with Crippen LogP contribution in [0.4, 0.5) is 11.4 Å². The highest BCUT2D eigenvalue weighted by Gasteiger charge is 2.26. The molecule has 0 saturated heterocycles. The third-order valence-electron chi connectivity index (χ3n) is 4.77. The summed E-state index contributed by atoms with van der Waals surface area (Å²) in [5, 5.41) is 11.7. The van der Waals surface area contributed by atoms with E-state index >= 15 is 0 Å². The fraction of sp³-hybridized carbons (Fsp3) is 0.400. The first-order valence-corrected chi connectivity index (χ1v) is 10.8. The number of nitrogens with zero attached hydrogens (tertiary/aromatic N) is 3. The van der Waals surface area contributed by atoms with Crippen LogP contribution in [-0.4, -0.2) is 52.0 Å². The van der Waals surface area contributed by atoms with Crippen molar-refractivity contribution in [3.63, 3.8) is 0 Å². The molecule has 10 heteroatoms. The summed E-state index contributed by atoms with van der Waals surface area (Å²) in [7, 11) is 0.986. The van der Waals surface area contributed by atoms with Gasteiger partial charge in [-0.2, -0.15) is 4.31 Å². The van der Waals surface area contributed by atoms with Crippen LogP contribution in [0, 0.1) is 10.1 Å². The van der Waals surface area contributed by atoms with Crippen LogP contribution in [0.25, 0.3) is 0 Å². The minimum Gasteiger partial charge on any atom is -0.493 e. The van der Waals surface area contributed by atoms with Crippen molar-refractivity contribution in [3.8, 4) is 11.5 Å². The molecular weight excluding hydrogens is 410 g/mol. The number of ether oxygens (including phenoxy) is 2. The number of sulfonamides is 1. The Balaban J connectivity index is 2.41. The summed E-state index contributed by atoms with van der Waals surface area (Å²) in [6.45, 7) is 4.37. The maximum Gasteiger partial charge on any atom is 0.293 e. The maximum absolute atomic E-state index is 12.7. The molecule has 0 heterocycles. The largest absolute Gasteiger partial charge is 0.493 e. The number of methoxy groups -OCH3 is 2. The van der Waals surface area contributed by atoms with Gasteiger partial charge in [0.15, 0.2) is 11.5 Å². The second-order valence-electron chi connectivity index (χ2n) is 6.54. The molecule has 9 nitrogen and oxygen atoms in total. The van der Waals surface area contributed by atoms with Crippen LogP contribution in [-0.2, 0) is 16.6 Å². The third-order valence-corrected chi connectivity index (χ3v) is 6.81. The first kappa shape index (κ1) is 23.4. The molecule has 0 unspecified atom stereocenters. The van der Waals surface area contributed by atoms with Gasteiger partial charge in [0, 0.05) is 32.7 Å². The van der Waals surface area contributed by atoms with Crippen LogP contribution in [0.3, 0.4) is 0 Å². The Hall–Kier alpha value is -2.85. The van der Waals surface area contributed by atoms with E-state index in [0.29, 0.717) is 23.7 Å². The van der Waals surface area contributed by atoms with Gasteiger partial charge < -0.3 is 14.4 Å². The zero-order valence-electron chi connectivity index (χ0n) is 17.8. The Bertz CT molecular complexity index is 1010. The number of hydrogen-bond donors (Lipinski definition) is 0. The lowest BCUT2D eigenvalue weighted by molar-refractivity contribution is -0.384. The monoisotopic (exact) mass is 437 g/mol. The van der Waals surface area contributed by atoms with Gasteiger partial charge in [0.2, 0.25) is 10.0 Å². The SMILES string of the molecule is CCN(CC)S(=O)(=O)c1ccc(N(C)Cc2ccc(OC)c(OC)c2)c([N+](=O)[O-])c1. The minimum atomic E-state index is -3.80. The standard InChI is InChI=1S/C20H27N3O6S/c1-6-22(7-2)30(26,27)16-9-10-17(18(13-16)23(24)25)21(3)14-15-8-11-19(28-4)20(12-15)29-5/h8-13H,6-7,14H2,1-5H3.